The van der Waals surface area contributed by atoms with Crippen LogP contribution in [0.2, 0.25) is 0 Å². The van der Waals surface area contributed by atoms with Gasteiger partial charge in [0.15, 0.2) is 0 Å². The minimum atomic E-state index is 0.854. The van der Waals surface area contributed by atoms with Crippen molar-refractivity contribution >= 4 is 0 Å². The zero-order valence-electron chi connectivity index (χ0n) is 7.92. The van der Waals surface area contributed by atoms with Gasteiger partial charge in [-0.25, -0.2) is 0 Å². The van der Waals surface area contributed by atoms with Gasteiger partial charge in [-0.2, -0.15) is 0 Å². The standard InChI is InChI=1S/C10H18N2/c1-2-11-5-9(6-11)12-7-10(8-12)3-4-10/h9H,2-8H2,1H3. The van der Waals surface area contributed by atoms with E-state index in [1.807, 2.05) is 0 Å². The third-order valence-corrected chi connectivity index (χ3v) is 3.94. The first-order chi connectivity index (χ1) is 5.81. The molecule has 3 aliphatic rings. The van der Waals surface area contributed by atoms with Crippen LogP contribution in [0.4, 0.5) is 0 Å². The highest BCUT2D eigenvalue weighted by Gasteiger charge is 2.54. The van der Waals surface area contributed by atoms with Crippen LogP contribution in [0.1, 0.15) is 19.8 Å². The van der Waals surface area contributed by atoms with Crippen LogP contribution < -0.4 is 0 Å². The first-order valence-electron chi connectivity index (χ1n) is 5.28. The highest BCUT2D eigenvalue weighted by atomic mass is 15.3. The molecule has 2 nitrogen and oxygen atoms in total. The second-order valence-corrected chi connectivity index (χ2v) is 4.91. The average molecular weight is 166 g/mol. The zero-order valence-corrected chi connectivity index (χ0v) is 7.92. The van der Waals surface area contributed by atoms with Crippen molar-refractivity contribution in [2.75, 3.05) is 32.7 Å². The Balaban J connectivity index is 1.46. The average Bonchev–Trinajstić information content (AvgIpc) is 2.63. The molecule has 0 amide bonds. The van der Waals surface area contributed by atoms with Crippen molar-refractivity contribution in [2.45, 2.75) is 25.8 Å². The molecular weight excluding hydrogens is 148 g/mol. The predicted octanol–water partition coefficient (Wildman–Crippen LogP) is 0.786. The van der Waals surface area contributed by atoms with E-state index in [-0.39, 0.29) is 0 Å². The van der Waals surface area contributed by atoms with Gasteiger partial charge in [-0.3, -0.25) is 4.90 Å². The lowest BCUT2D eigenvalue weighted by molar-refractivity contribution is -0.0381. The van der Waals surface area contributed by atoms with Crippen molar-refractivity contribution in [1.29, 1.82) is 0 Å². The SMILES string of the molecule is CCN1CC(N2CC3(CC3)C2)C1. The highest BCUT2D eigenvalue weighted by Crippen LogP contribution is 2.53. The smallest absolute Gasteiger partial charge is 0.0350 e. The molecule has 0 aromatic heterocycles. The number of nitrogens with zero attached hydrogens (tertiary/aromatic N) is 2. The molecule has 0 aromatic carbocycles. The summed E-state index contributed by atoms with van der Waals surface area (Å²) in [4.78, 5) is 5.22. The van der Waals surface area contributed by atoms with Crippen molar-refractivity contribution in [1.82, 2.24) is 9.80 Å². The van der Waals surface area contributed by atoms with Crippen molar-refractivity contribution in [3.05, 3.63) is 0 Å². The number of hydrogen-bond acceptors (Lipinski definition) is 2. The van der Waals surface area contributed by atoms with Gasteiger partial charge in [0.05, 0.1) is 0 Å². The molecule has 0 bridgehead atoms. The lowest BCUT2D eigenvalue weighted by atomic mass is 9.92. The molecule has 1 aliphatic carbocycles. The molecule has 0 radical (unpaired) electrons. The fraction of sp³-hybridized carbons (Fsp3) is 1.00. The Bertz CT molecular complexity index is 184. The third-order valence-electron chi connectivity index (χ3n) is 3.94. The molecule has 0 N–H and O–H groups in total. The number of hydrogen-bond donors (Lipinski definition) is 0. The Morgan fingerprint density at radius 1 is 1.25 bits per heavy atom. The molecule has 2 aliphatic heterocycles. The lowest BCUT2D eigenvalue weighted by Crippen LogP contribution is -2.65. The minimum absolute atomic E-state index is 0.854. The van der Waals surface area contributed by atoms with Gasteiger partial charge in [0, 0.05) is 32.2 Å². The van der Waals surface area contributed by atoms with E-state index in [1.54, 1.807) is 0 Å². The van der Waals surface area contributed by atoms with E-state index >= 15 is 0 Å². The molecule has 12 heavy (non-hydrogen) atoms. The summed E-state index contributed by atoms with van der Waals surface area (Å²) in [7, 11) is 0. The van der Waals surface area contributed by atoms with E-state index in [0.717, 1.165) is 11.5 Å². The molecule has 1 spiro atoms. The van der Waals surface area contributed by atoms with Crippen molar-refractivity contribution in [3.8, 4) is 0 Å². The fourth-order valence-corrected chi connectivity index (χ4v) is 2.60. The van der Waals surface area contributed by atoms with E-state index in [4.69, 9.17) is 0 Å². The maximum atomic E-state index is 2.69. The minimum Gasteiger partial charge on any atom is -0.300 e. The zero-order chi connectivity index (χ0) is 8.18. The van der Waals surface area contributed by atoms with E-state index < -0.39 is 0 Å². The van der Waals surface area contributed by atoms with Crippen molar-refractivity contribution < 1.29 is 0 Å². The van der Waals surface area contributed by atoms with Crippen LogP contribution >= 0.6 is 0 Å². The van der Waals surface area contributed by atoms with Crippen molar-refractivity contribution in [2.24, 2.45) is 5.41 Å². The Labute approximate surface area is 74.5 Å². The number of likely N-dealkylation sites (N-methyl/N-ethyl adjacent to an activating group) is 1. The summed E-state index contributed by atoms with van der Waals surface area (Å²) < 4.78 is 0. The second kappa shape index (κ2) is 2.24. The van der Waals surface area contributed by atoms with E-state index in [2.05, 4.69) is 16.7 Å². The van der Waals surface area contributed by atoms with Gasteiger partial charge in [-0.1, -0.05) is 6.92 Å². The molecule has 68 valence electrons. The van der Waals surface area contributed by atoms with Gasteiger partial charge in [0.2, 0.25) is 0 Å². The van der Waals surface area contributed by atoms with Gasteiger partial charge in [0.25, 0.3) is 0 Å². The molecule has 2 saturated heterocycles. The summed E-state index contributed by atoms with van der Waals surface area (Å²) >= 11 is 0. The van der Waals surface area contributed by atoms with Gasteiger partial charge in [-0.15, -0.1) is 0 Å². The van der Waals surface area contributed by atoms with Crippen LogP contribution in [0, 0.1) is 5.41 Å². The normalized spacial score (nSPS) is 34.8. The van der Waals surface area contributed by atoms with Gasteiger partial charge >= 0.3 is 0 Å². The molecule has 1 saturated carbocycles. The Hall–Kier alpha value is -0.0800. The molecule has 3 fully saturated rings. The van der Waals surface area contributed by atoms with E-state index in [1.165, 1.54) is 45.6 Å². The van der Waals surface area contributed by atoms with E-state index in [0.29, 0.717) is 0 Å². The number of likely N-dealkylation sites (tertiary alicyclic amines) is 2. The summed E-state index contributed by atoms with van der Waals surface area (Å²) in [6.45, 7) is 9.04. The van der Waals surface area contributed by atoms with Crippen LogP contribution in [0.25, 0.3) is 0 Å². The third kappa shape index (κ3) is 0.944. The molecule has 0 aromatic rings. The first kappa shape index (κ1) is 7.34. The van der Waals surface area contributed by atoms with Gasteiger partial charge < -0.3 is 4.90 Å². The van der Waals surface area contributed by atoms with Gasteiger partial charge in [0.1, 0.15) is 0 Å². The van der Waals surface area contributed by atoms with Crippen LogP contribution in [-0.2, 0) is 0 Å². The Kier molecular flexibility index (Phi) is 1.37. The van der Waals surface area contributed by atoms with Gasteiger partial charge in [-0.05, 0) is 24.8 Å². The first-order valence-corrected chi connectivity index (χ1v) is 5.28. The maximum Gasteiger partial charge on any atom is 0.0350 e. The van der Waals surface area contributed by atoms with E-state index in [9.17, 15) is 0 Å². The highest BCUT2D eigenvalue weighted by molar-refractivity contribution is 5.08. The summed E-state index contributed by atoms with van der Waals surface area (Å²) in [5.41, 5.74) is 0.854. The second-order valence-electron chi connectivity index (χ2n) is 4.91. The molecule has 2 heterocycles. The molecule has 0 unspecified atom stereocenters. The predicted molar refractivity (Wildman–Crippen MR) is 49.1 cm³/mol. The quantitative estimate of drug-likeness (QED) is 0.598. The monoisotopic (exact) mass is 166 g/mol. The summed E-state index contributed by atoms with van der Waals surface area (Å²) in [5, 5.41) is 0. The fourth-order valence-electron chi connectivity index (χ4n) is 2.60. The molecular formula is C10H18N2. The lowest BCUT2D eigenvalue weighted by Gasteiger charge is -2.52. The van der Waals surface area contributed by atoms with Crippen LogP contribution in [0.15, 0.2) is 0 Å². The topological polar surface area (TPSA) is 6.48 Å². The maximum absolute atomic E-state index is 2.69. The molecule has 0 atom stereocenters. The largest absolute Gasteiger partial charge is 0.300 e. The van der Waals surface area contributed by atoms with Crippen LogP contribution in [-0.4, -0.2) is 48.6 Å². The number of rotatable bonds is 2. The Morgan fingerprint density at radius 2 is 1.92 bits per heavy atom. The molecule has 3 rings (SSSR count). The van der Waals surface area contributed by atoms with Crippen LogP contribution in [0.3, 0.4) is 0 Å². The summed E-state index contributed by atoms with van der Waals surface area (Å²) in [5.74, 6) is 0. The summed E-state index contributed by atoms with van der Waals surface area (Å²) in [6.07, 6.45) is 3.04. The molecule has 2 heteroatoms. The summed E-state index contributed by atoms with van der Waals surface area (Å²) in [6, 6.07) is 0.927. The van der Waals surface area contributed by atoms with Crippen molar-refractivity contribution in [3.63, 3.8) is 0 Å². The van der Waals surface area contributed by atoms with Crippen LogP contribution in [0.5, 0.6) is 0 Å². The Morgan fingerprint density at radius 3 is 2.42 bits per heavy atom.